The van der Waals surface area contributed by atoms with Gasteiger partial charge in [-0.2, -0.15) is 18.4 Å². The fourth-order valence-electron chi connectivity index (χ4n) is 7.27. The number of alkyl halides is 3. The van der Waals surface area contributed by atoms with Crippen LogP contribution < -0.4 is 20.7 Å². The summed E-state index contributed by atoms with van der Waals surface area (Å²) in [5.74, 6) is -2.66. The van der Waals surface area contributed by atoms with Gasteiger partial charge in [0.1, 0.15) is 11.8 Å². The van der Waals surface area contributed by atoms with Gasteiger partial charge < -0.3 is 25.0 Å². The second-order valence-electron chi connectivity index (χ2n) is 14.9. The lowest BCUT2D eigenvalue weighted by Crippen LogP contribution is -2.54. The molecule has 3 N–H and O–H groups in total. The van der Waals surface area contributed by atoms with Crippen molar-refractivity contribution in [3.8, 4) is 11.8 Å². The molecule has 6 rings (SSSR count). The number of nitrogens with zero attached hydrogens (tertiary/aromatic N) is 3. The number of imide groups is 2. The normalized spacial score (nSPS) is 19.1. The molecular formula is C41H43F3N6O7. The number of nitrogens with one attached hydrogen (secondary N) is 3. The quantitative estimate of drug-likeness (QED) is 0.124. The first-order chi connectivity index (χ1) is 27.2. The molecule has 2 unspecified atom stereocenters. The van der Waals surface area contributed by atoms with Crippen molar-refractivity contribution >= 4 is 40.9 Å². The summed E-state index contributed by atoms with van der Waals surface area (Å²) in [6, 6.07) is 16.2. The topological polar surface area (TPSA) is 170 Å². The number of piperidine rings is 1. The van der Waals surface area contributed by atoms with E-state index in [-0.39, 0.29) is 35.6 Å². The van der Waals surface area contributed by atoms with E-state index in [2.05, 4.69) is 16.0 Å². The second-order valence-corrected chi connectivity index (χ2v) is 14.9. The van der Waals surface area contributed by atoms with E-state index in [0.29, 0.717) is 38.5 Å². The minimum absolute atomic E-state index is 0.0521. The van der Waals surface area contributed by atoms with E-state index in [0.717, 1.165) is 54.1 Å². The molecule has 0 bridgehead atoms. The Kier molecular flexibility index (Phi) is 12.2. The summed E-state index contributed by atoms with van der Waals surface area (Å²) in [6.45, 7) is 6.38. The zero-order valence-electron chi connectivity index (χ0n) is 31.5. The SMILES string of the molecule is CC1(C)CN(Cc2ccc(NCCCCCOCCNc3cccc4c3C(=O)N(C3CCC(=O)NC3=O)C4=O)cc2)C(=O)C1Oc1ccc(C#N)c(C(F)(F)F)c1. The van der Waals surface area contributed by atoms with Crippen LogP contribution in [0.15, 0.2) is 60.7 Å². The van der Waals surface area contributed by atoms with E-state index in [1.807, 2.05) is 38.1 Å². The average Bonchev–Trinajstić information content (AvgIpc) is 3.55. The molecule has 16 heteroatoms. The van der Waals surface area contributed by atoms with Crippen molar-refractivity contribution in [1.82, 2.24) is 15.1 Å². The molecule has 3 heterocycles. The summed E-state index contributed by atoms with van der Waals surface area (Å²) in [5, 5.41) is 17.8. The van der Waals surface area contributed by atoms with Crippen LogP contribution in [0, 0.1) is 16.7 Å². The van der Waals surface area contributed by atoms with Gasteiger partial charge in [-0.3, -0.25) is 34.2 Å². The maximum Gasteiger partial charge on any atom is 0.417 e. The first-order valence-electron chi connectivity index (χ1n) is 18.7. The summed E-state index contributed by atoms with van der Waals surface area (Å²) in [4.78, 5) is 66.1. The van der Waals surface area contributed by atoms with Crippen LogP contribution in [0.1, 0.15) is 83.4 Å². The van der Waals surface area contributed by atoms with Gasteiger partial charge in [-0.25, -0.2) is 0 Å². The van der Waals surface area contributed by atoms with Gasteiger partial charge in [-0.15, -0.1) is 0 Å². The van der Waals surface area contributed by atoms with Gasteiger partial charge in [-0.1, -0.05) is 32.0 Å². The maximum atomic E-state index is 13.5. The van der Waals surface area contributed by atoms with E-state index in [4.69, 9.17) is 14.7 Å². The van der Waals surface area contributed by atoms with Crippen molar-refractivity contribution in [3.63, 3.8) is 0 Å². The van der Waals surface area contributed by atoms with Gasteiger partial charge in [0, 0.05) is 56.0 Å². The predicted octanol–water partition coefficient (Wildman–Crippen LogP) is 5.51. The smallest absolute Gasteiger partial charge is 0.417 e. The highest BCUT2D eigenvalue weighted by molar-refractivity contribution is 6.25. The minimum atomic E-state index is -4.74. The van der Waals surface area contributed by atoms with E-state index < -0.39 is 58.5 Å². The molecule has 300 valence electrons. The second kappa shape index (κ2) is 17.0. The third-order valence-electron chi connectivity index (χ3n) is 10.2. The fourth-order valence-corrected chi connectivity index (χ4v) is 7.27. The summed E-state index contributed by atoms with van der Waals surface area (Å²) >= 11 is 0. The van der Waals surface area contributed by atoms with Crippen LogP contribution in [-0.4, -0.2) is 84.3 Å². The van der Waals surface area contributed by atoms with Crippen molar-refractivity contribution in [1.29, 1.82) is 5.26 Å². The zero-order valence-corrected chi connectivity index (χ0v) is 31.5. The first kappa shape index (κ1) is 40.7. The Bertz CT molecular complexity index is 2080. The molecule has 3 aliphatic rings. The first-order valence-corrected chi connectivity index (χ1v) is 18.7. The number of anilines is 2. The Labute approximate surface area is 327 Å². The molecule has 3 aliphatic heterocycles. The van der Waals surface area contributed by atoms with Crippen LogP contribution in [-0.2, 0) is 31.8 Å². The standard InChI is InChI=1S/C41H43F3N6O7/c1-40(2)24-49(39(55)35(40)57-28-14-11-26(22-45)30(21-28)41(42,43)44)23-25-9-12-27(13-10-25)46-17-4-3-5-19-56-20-18-47-31-8-6-7-29-34(31)38(54)50(37(29)53)32-15-16-33(51)48-36(32)52/h6-14,21,32,35,46-47H,3-5,15-20,23-24H2,1-2H3,(H,48,51,52). The molecule has 0 aliphatic carbocycles. The molecule has 2 fully saturated rings. The molecule has 0 radical (unpaired) electrons. The molecule has 13 nitrogen and oxygen atoms in total. The highest BCUT2D eigenvalue weighted by Gasteiger charge is 2.49. The number of likely N-dealkylation sites (tertiary alicyclic amines) is 1. The van der Waals surface area contributed by atoms with Crippen LogP contribution in [0.2, 0.25) is 0 Å². The molecule has 5 amide bonds. The number of halogens is 3. The number of ether oxygens (including phenoxy) is 2. The van der Waals surface area contributed by atoms with Gasteiger partial charge in [0.2, 0.25) is 11.8 Å². The van der Waals surface area contributed by atoms with Gasteiger partial charge in [-0.05, 0) is 73.7 Å². The van der Waals surface area contributed by atoms with Gasteiger partial charge >= 0.3 is 6.18 Å². The molecule has 3 aromatic rings. The van der Waals surface area contributed by atoms with Gasteiger partial charge in [0.05, 0.1) is 34.9 Å². The fraction of sp³-hybridized carbons (Fsp3) is 0.415. The molecule has 57 heavy (non-hydrogen) atoms. The lowest BCUT2D eigenvalue weighted by atomic mass is 9.89. The van der Waals surface area contributed by atoms with E-state index >= 15 is 0 Å². The van der Waals surface area contributed by atoms with E-state index in [1.54, 1.807) is 29.2 Å². The van der Waals surface area contributed by atoms with Crippen LogP contribution >= 0.6 is 0 Å². The number of amides is 5. The number of unbranched alkanes of at least 4 members (excludes halogenated alkanes) is 2. The van der Waals surface area contributed by atoms with Gasteiger partial charge in [0.15, 0.2) is 6.10 Å². The third-order valence-corrected chi connectivity index (χ3v) is 10.2. The number of benzene rings is 3. The maximum absolute atomic E-state index is 13.5. The molecule has 0 aromatic heterocycles. The average molecular weight is 789 g/mol. The third kappa shape index (κ3) is 9.20. The lowest BCUT2D eigenvalue weighted by molar-refractivity contribution is -0.138. The summed E-state index contributed by atoms with van der Waals surface area (Å²) in [6.07, 6.45) is -2.92. The number of fused-ring (bicyclic) bond motifs is 1. The Hall–Kier alpha value is -5.95. The predicted molar refractivity (Wildman–Crippen MR) is 201 cm³/mol. The summed E-state index contributed by atoms with van der Waals surface area (Å²) in [7, 11) is 0. The number of hydrogen-bond acceptors (Lipinski definition) is 10. The number of carbonyl (C=O) groups excluding carboxylic acids is 5. The summed E-state index contributed by atoms with van der Waals surface area (Å²) < 4.78 is 52.0. The Balaban J connectivity index is 0.873. The summed E-state index contributed by atoms with van der Waals surface area (Å²) in [5.41, 5.74) is 0.404. The number of nitriles is 1. The Morgan fingerprint density at radius 2 is 1.70 bits per heavy atom. The zero-order chi connectivity index (χ0) is 40.9. The van der Waals surface area contributed by atoms with Crippen LogP contribution in [0.25, 0.3) is 0 Å². The molecular weight excluding hydrogens is 745 g/mol. The Morgan fingerprint density at radius 1 is 0.930 bits per heavy atom. The van der Waals surface area contributed by atoms with E-state index in [1.165, 1.54) is 6.07 Å². The molecule has 2 atom stereocenters. The van der Waals surface area contributed by atoms with Crippen molar-refractivity contribution in [2.24, 2.45) is 5.41 Å². The number of hydrogen-bond donors (Lipinski definition) is 3. The van der Waals surface area contributed by atoms with E-state index in [9.17, 15) is 37.1 Å². The molecule has 0 spiro atoms. The largest absolute Gasteiger partial charge is 0.480 e. The van der Waals surface area contributed by atoms with Crippen LogP contribution in [0.4, 0.5) is 24.5 Å². The van der Waals surface area contributed by atoms with Crippen LogP contribution in [0.5, 0.6) is 5.75 Å². The highest BCUT2D eigenvalue weighted by Crippen LogP contribution is 2.38. The van der Waals surface area contributed by atoms with Crippen LogP contribution in [0.3, 0.4) is 0 Å². The highest BCUT2D eigenvalue weighted by atomic mass is 19.4. The number of rotatable bonds is 16. The molecule has 2 saturated heterocycles. The minimum Gasteiger partial charge on any atom is -0.480 e. The molecule has 3 aromatic carbocycles. The monoisotopic (exact) mass is 788 g/mol. The Morgan fingerprint density at radius 3 is 2.42 bits per heavy atom. The van der Waals surface area contributed by atoms with Gasteiger partial charge in [0.25, 0.3) is 17.7 Å². The number of carbonyl (C=O) groups is 5. The lowest BCUT2D eigenvalue weighted by Gasteiger charge is -2.27. The molecule has 0 saturated carbocycles. The van der Waals surface area contributed by atoms with Crippen molar-refractivity contribution < 1.29 is 46.6 Å². The van der Waals surface area contributed by atoms with Crippen molar-refractivity contribution in [2.45, 2.75) is 70.8 Å². The van der Waals surface area contributed by atoms with Crippen molar-refractivity contribution in [2.75, 3.05) is 43.5 Å². The van der Waals surface area contributed by atoms with Crippen molar-refractivity contribution in [3.05, 3.63) is 88.5 Å².